The molecule has 5 nitrogen and oxygen atoms in total. The van der Waals surface area contributed by atoms with Crippen molar-refractivity contribution < 1.29 is 4.79 Å². The maximum absolute atomic E-state index is 11.6. The van der Waals surface area contributed by atoms with Crippen molar-refractivity contribution in [2.45, 2.75) is 26.2 Å². The van der Waals surface area contributed by atoms with Gasteiger partial charge in [0.25, 0.3) is 0 Å². The van der Waals surface area contributed by atoms with E-state index >= 15 is 0 Å². The predicted molar refractivity (Wildman–Crippen MR) is 82.0 cm³/mol. The SMILES string of the molecule is CNCC(=O)Nc1ccc2c(c1)nc(C(C)(C)C)n2C. The molecular formula is C15H22N4O. The quantitative estimate of drug-likeness (QED) is 0.900. The van der Waals surface area contributed by atoms with Crippen LogP contribution in [-0.2, 0) is 17.3 Å². The monoisotopic (exact) mass is 274 g/mol. The zero-order chi connectivity index (χ0) is 14.9. The molecule has 0 aliphatic carbocycles. The van der Waals surface area contributed by atoms with Crippen molar-refractivity contribution in [3.63, 3.8) is 0 Å². The van der Waals surface area contributed by atoms with Crippen molar-refractivity contribution in [3.05, 3.63) is 24.0 Å². The van der Waals surface area contributed by atoms with Crippen molar-refractivity contribution in [3.8, 4) is 0 Å². The van der Waals surface area contributed by atoms with Gasteiger partial charge < -0.3 is 15.2 Å². The fraction of sp³-hybridized carbons (Fsp3) is 0.467. The van der Waals surface area contributed by atoms with Gasteiger partial charge in [0.1, 0.15) is 5.82 Å². The number of likely N-dealkylation sites (N-methyl/N-ethyl adjacent to an activating group) is 1. The first kappa shape index (κ1) is 14.5. The molecule has 0 saturated heterocycles. The van der Waals surface area contributed by atoms with Gasteiger partial charge in [-0.05, 0) is 25.2 Å². The number of rotatable bonds is 3. The first-order chi connectivity index (χ1) is 9.32. The zero-order valence-electron chi connectivity index (χ0n) is 12.7. The lowest BCUT2D eigenvalue weighted by Gasteiger charge is -2.17. The molecular weight excluding hydrogens is 252 g/mol. The van der Waals surface area contributed by atoms with Crippen LogP contribution in [0.25, 0.3) is 11.0 Å². The molecule has 0 spiro atoms. The van der Waals surface area contributed by atoms with Gasteiger partial charge in [0, 0.05) is 18.2 Å². The van der Waals surface area contributed by atoms with E-state index in [2.05, 4.69) is 36.0 Å². The van der Waals surface area contributed by atoms with E-state index in [1.54, 1.807) is 7.05 Å². The molecule has 1 aromatic heterocycles. The normalized spacial score (nSPS) is 11.8. The summed E-state index contributed by atoms with van der Waals surface area (Å²) in [5.41, 5.74) is 2.74. The van der Waals surface area contributed by atoms with Crippen LogP contribution >= 0.6 is 0 Å². The van der Waals surface area contributed by atoms with Crippen LogP contribution in [-0.4, -0.2) is 29.1 Å². The minimum atomic E-state index is -0.0566. The van der Waals surface area contributed by atoms with E-state index in [1.165, 1.54) is 0 Å². The van der Waals surface area contributed by atoms with E-state index in [9.17, 15) is 4.79 Å². The summed E-state index contributed by atoms with van der Waals surface area (Å²) in [6.45, 7) is 6.73. The van der Waals surface area contributed by atoms with Gasteiger partial charge in [0.05, 0.1) is 17.6 Å². The number of benzene rings is 1. The van der Waals surface area contributed by atoms with Gasteiger partial charge in [-0.15, -0.1) is 0 Å². The number of imidazole rings is 1. The van der Waals surface area contributed by atoms with Gasteiger partial charge in [-0.2, -0.15) is 0 Å². The number of amides is 1. The van der Waals surface area contributed by atoms with Crippen LogP contribution in [0.5, 0.6) is 0 Å². The Morgan fingerprint density at radius 1 is 1.35 bits per heavy atom. The Bertz CT molecular complexity index is 637. The molecule has 2 aromatic rings. The summed E-state index contributed by atoms with van der Waals surface area (Å²) in [6.07, 6.45) is 0. The van der Waals surface area contributed by atoms with Crippen molar-refractivity contribution in [2.24, 2.45) is 7.05 Å². The molecule has 2 N–H and O–H groups in total. The van der Waals surface area contributed by atoms with E-state index in [0.717, 1.165) is 22.5 Å². The lowest BCUT2D eigenvalue weighted by molar-refractivity contribution is -0.115. The Kier molecular flexibility index (Phi) is 3.81. The summed E-state index contributed by atoms with van der Waals surface area (Å²) in [4.78, 5) is 16.3. The van der Waals surface area contributed by atoms with Crippen molar-refractivity contribution >= 4 is 22.6 Å². The lowest BCUT2D eigenvalue weighted by atomic mass is 9.96. The molecule has 0 saturated carbocycles. The number of carbonyl (C=O) groups excluding carboxylic acids is 1. The number of aromatic nitrogens is 2. The highest BCUT2D eigenvalue weighted by molar-refractivity contribution is 5.94. The number of anilines is 1. The molecule has 0 unspecified atom stereocenters. The molecule has 1 heterocycles. The van der Waals surface area contributed by atoms with Gasteiger partial charge >= 0.3 is 0 Å². The highest BCUT2D eigenvalue weighted by Crippen LogP contribution is 2.26. The summed E-state index contributed by atoms with van der Waals surface area (Å²) < 4.78 is 2.11. The maximum Gasteiger partial charge on any atom is 0.238 e. The third-order valence-electron chi connectivity index (χ3n) is 3.17. The van der Waals surface area contributed by atoms with Crippen LogP contribution < -0.4 is 10.6 Å². The summed E-state index contributed by atoms with van der Waals surface area (Å²) in [6, 6.07) is 5.81. The van der Waals surface area contributed by atoms with E-state index in [4.69, 9.17) is 4.98 Å². The fourth-order valence-corrected chi connectivity index (χ4v) is 2.31. The van der Waals surface area contributed by atoms with Crippen LogP contribution in [0, 0.1) is 0 Å². The Hall–Kier alpha value is -1.88. The van der Waals surface area contributed by atoms with Crippen LogP contribution in [0.15, 0.2) is 18.2 Å². The largest absolute Gasteiger partial charge is 0.331 e. The Morgan fingerprint density at radius 2 is 2.05 bits per heavy atom. The van der Waals surface area contributed by atoms with E-state index in [-0.39, 0.29) is 11.3 Å². The lowest BCUT2D eigenvalue weighted by Crippen LogP contribution is -2.24. The Balaban J connectivity index is 2.38. The highest BCUT2D eigenvalue weighted by atomic mass is 16.1. The van der Waals surface area contributed by atoms with Gasteiger partial charge in [-0.1, -0.05) is 20.8 Å². The second kappa shape index (κ2) is 5.25. The first-order valence-electron chi connectivity index (χ1n) is 6.74. The summed E-state index contributed by atoms with van der Waals surface area (Å²) in [5, 5.41) is 5.68. The molecule has 0 aliphatic heterocycles. The molecule has 0 bridgehead atoms. The van der Waals surface area contributed by atoms with Crippen LogP contribution in [0.1, 0.15) is 26.6 Å². The second-order valence-electron chi connectivity index (χ2n) is 6.03. The first-order valence-corrected chi connectivity index (χ1v) is 6.74. The fourth-order valence-electron chi connectivity index (χ4n) is 2.31. The van der Waals surface area contributed by atoms with Crippen molar-refractivity contribution in [1.82, 2.24) is 14.9 Å². The minimum Gasteiger partial charge on any atom is -0.331 e. The van der Waals surface area contributed by atoms with Gasteiger partial charge in [-0.3, -0.25) is 4.79 Å². The van der Waals surface area contributed by atoms with Gasteiger partial charge in [0.2, 0.25) is 5.91 Å². The van der Waals surface area contributed by atoms with Crippen LogP contribution in [0.2, 0.25) is 0 Å². The average Bonchev–Trinajstić information content (AvgIpc) is 2.66. The average molecular weight is 274 g/mol. The number of carbonyl (C=O) groups is 1. The molecule has 0 radical (unpaired) electrons. The summed E-state index contributed by atoms with van der Waals surface area (Å²) in [7, 11) is 3.77. The number of nitrogens with zero attached hydrogens (tertiary/aromatic N) is 2. The van der Waals surface area contributed by atoms with Crippen LogP contribution in [0.3, 0.4) is 0 Å². The smallest absolute Gasteiger partial charge is 0.238 e. The molecule has 2 rings (SSSR count). The topological polar surface area (TPSA) is 59.0 Å². The Morgan fingerprint density at radius 3 is 2.65 bits per heavy atom. The number of fused-ring (bicyclic) bond motifs is 1. The standard InChI is InChI=1S/C15H22N4O/c1-15(2,3)14-18-11-8-10(17-13(20)9-16-4)6-7-12(11)19(14)5/h6-8,16H,9H2,1-5H3,(H,17,20). The van der Waals surface area contributed by atoms with E-state index in [1.807, 2.05) is 25.2 Å². The number of hydrogen-bond acceptors (Lipinski definition) is 3. The molecule has 0 aliphatic rings. The molecule has 20 heavy (non-hydrogen) atoms. The molecule has 1 amide bonds. The van der Waals surface area contributed by atoms with Crippen molar-refractivity contribution in [1.29, 1.82) is 0 Å². The number of hydrogen-bond donors (Lipinski definition) is 2. The summed E-state index contributed by atoms with van der Waals surface area (Å²) in [5.74, 6) is 0.977. The van der Waals surface area contributed by atoms with Gasteiger partial charge in [-0.25, -0.2) is 4.98 Å². The highest BCUT2D eigenvalue weighted by Gasteiger charge is 2.21. The second-order valence-corrected chi connectivity index (χ2v) is 6.03. The summed E-state index contributed by atoms with van der Waals surface area (Å²) >= 11 is 0. The van der Waals surface area contributed by atoms with Gasteiger partial charge in [0.15, 0.2) is 0 Å². The molecule has 0 atom stereocenters. The van der Waals surface area contributed by atoms with E-state index < -0.39 is 0 Å². The molecule has 5 heteroatoms. The third kappa shape index (κ3) is 2.82. The predicted octanol–water partition coefficient (Wildman–Crippen LogP) is 2.03. The van der Waals surface area contributed by atoms with Crippen LogP contribution in [0.4, 0.5) is 5.69 Å². The third-order valence-corrected chi connectivity index (χ3v) is 3.17. The number of nitrogens with one attached hydrogen (secondary N) is 2. The van der Waals surface area contributed by atoms with Crippen molar-refractivity contribution in [2.75, 3.05) is 18.9 Å². The maximum atomic E-state index is 11.6. The minimum absolute atomic E-state index is 0.0106. The van der Waals surface area contributed by atoms with E-state index in [0.29, 0.717) is 6.54 Å². The molecule has 1 aromatic carbocycles. The Labute approximate surface area is 119 Å². The molecule has 0 fully saturated rings. The molecule has 108 valence electrons. The zero-order valence-corrected chi connectivity index (χ0v) is 12.7. The number of aryl methyl sites for hydroxylation is 1.